The number of rotatable bonds is 4. The van der Waals surface area contributed by atoms with E-state index in [4.69, 9.17) is 4.74 Å². The van der Waals surface area contributed by atoms with Gasteiger partial charge in [0.25, 0.3) is 5.91 Å². The largest absolute Gasteiger partial charge is 0.459 e. The first-order valence-corrected chi connectivity index (χ1v) is 7.86. The monoisotopic (exact) mass is 371 g/mol. The maximum absolute atomic E-state index is 12.3. The van der Waals surface area contributed by atoms with E-state index in [1.54, 1.807) is 12.1 Å². The molecule has 1 aliphatic heterocycles. The number of amides is 1. The lowest BCUT2D eigenvalue weighted by Crippen LogP contribution is -2.30. The fourth-order valence-corrected chi connectivity index (χ4v) is 2.91. The standard InChI is InChI=1S/C18H14BrNO3/c1-12-15-7-2-3-8-16(15)18(22)20(12)10-17(21)23-11-13-5-4-6-14(19)9-13/h2-9H,1,10-11H2. The van der Waals surface area contributed by atoms with E-state index < -0.39 is 5.97 Å². The summed E-state index contributed by atoms with van der Waals surface area (Å²) < 4.78 is 6.17. The van der Waals surface area contributed by atoms with Crippen LogP contribution in [0.4, 0.5) is 0 Å². The van der Waals surface area contributed by atoms with E-state index in [0.717, 1.165) is 15.6 Å². The molecule has 4 nitrogen and oxygen atoms in total. The predicted octanol–water partition coefficient (Wildman–Crippen LogP) is 3.62. The van der Waals surface area contributed by atoms with Crippen LogP contribution in [0.5, 0.6) is 0 Å². The Labute approximate surface area is 142 Å². The highest BCUT2D eigenvalue weighted by atomic mass is 79.9. The average molecular weight is 372 g/mol. The van der Waals surface area contributed by atoms with Gasteiger partial charge in [0.05, 0.1) is 0 Å². The minimum absolute atomic E-state index is 0.139. The van der Waals surface area contributed by atoms with Crippen molar-refractivity contribution in [1.29, 1.82) is 0 Å². The minimum atomic E-state index is -0.465. The lowest BCUT2D eigenvalue weighted by Gasteiger charge is -2.16. The summed E-state index contributed by atoms with van der Waals surface area (Å²) in [6, 6.07) is 14.7. The van der Waals surface area contributed by atoms with E-state index in [-0.39, 0.29) is 19.1 Å². The molecular formula is C18H14BrNO3. The molecule has 3 rings (SSSR count). The summed E-state index contributed by atoms with van der Waals surface area (Å²) in [5, 5.41) is 0. The van der Waals surface area contributed by atoms with Gasteiger partial charge in [0, 0.05) is 21.3 Å². The molecular weight excluding hydrogens is 358 g/mol. The van der Waals surface area contributed by atoms with Gasteiger partial charge in [-0.05, 0) is 23.8 Å². The molecule has 0 saturated carbocycles. The van der Waals surface area contributed by atoms with Gasteiger partial charge in [0.2, 0.25) is 0 Å². The van der Waals surface area contributed by atoms with Crippen LogP contribution < -0.4 is 0 Å². The molecule has 0 aliphatic carbocycles. The molecule has 2 aromatic carbocycles. The van der Waals surface area contributed by atoms with Crippen LogP contribution in [0.15, 0.2) is 59.6 Å². The number of hydrogen-bond donors (Lipinski definition) is 0. The predicted molar refractivity (Wildman–Crippen MR) is 90.5 cm³/mol. The van der Waals surface area contributed by atoms with Gasteiger partial charge in [-0.25, -0.2) is 0 Å². The van der Waals surface area contributed by atoms with Crippen LogP contribution in [0.2, 0.25) is 0 Å². The Kier molecular flexibility index (Phi) is 4.30. The van der Waals surface area contributed by atoms with Crippen molar-refractivity contribution >= 4 is 33.5 Å². The van der Waals surface area contributed by atoms with Crippen molar-refractivity contribution < 1.29 is 14.3 Å². The summed E-state index contributed by atoms with van der Waals surface area (Å²) in [6.45, 7) is 3.93. The van der Waals surface area contributed by atoms with E-state index in [1.807, 2.05) is 36.4 Å². The zero-order valence-corrected chi connectivity index (χ0v) is 13.9. The normalized spacial score (nSPS) is 13.2. The summed E-state index contributed by atoms with van der Waals surface area (Å²) in [5.41, 5.74) is 2.74. The summed E-state index contributed by atoms with van der Waals surface area (Å²) in [5.74, 6) is -0.683. The molecule has 0 unspecified atom stereocenters. The molecule has 5 heteroatoms. The van der Waals surface area contributed by atoms with Gasteiger partial charge in [-0.1, -0.05) is 52.8 Å². The first-order valence-electron chi connectivity index (χ1n) is 7.06. The molecule has 0 atom stereocenters. The highest BCUT2D eigenvalue weighted by Gasteiger charge is 2.32. The van der Waals surface area contributed by atoms with Crippen molar-refractivity contribution in [2.75, 3.05) is 6.54 Å². The highest BCUT2D eigenvalue weighted by Crippen LogP contribution is 2.30. The van der Waals surface area contributed by atoms with Gasteiger partial charge in [-0.3, -0.25) is 14.5 Å². The Morgan fingerprint density at radius 2 is 1.87 bits per heavy atom. The summed E-state index contributed by atoms with van der Waals surface area (Å²) in [7, 11) is 0. The lowest BCUT2D eigenvalue weighted by molar-refractivity contribution is -0.145. The Morgan fingerprint density at radius 1 is 1.13 bits per heavy atom. The lowest BCUT2D eigenvalue weighted by atomic mass is 10.1. The fraction of sp³-hybridized carbons (Fsp3) is 0.111. The second kappa shape index (κ2) is 6.38. The van der Waals surface area contributed by atoms with Crippen LogP contribution in [0.25, 0.3) is 5.70 Å². The van der Waals surface area contributed by atoms with E-state index in [1.165, 1.54) is 4.90 Å². The molecule has 0 N–H and O–H groups in total. The second-order valence-corrected chi connectivity index (χ2v) is 6.09. The van der Waals surface area contributed by atoms with Gasteiger partial charge in [-0.2, -0.15) is 0 Å². The van der Waals surface area contributed by atoms with Crippen molar-refractivity contribution in [3.05, 3.63) is 76.3 Å². The Hall–Kier alpha value is -2.40. The number of carbonyl (C=O) groups excluding carboxylic acids is 2. The molecule has 1 heterocycles. The van der Waals surface area contributed by atoms with E-state index in [2.05, 4.69) is 22.5 Å². The molecule has 0 saturated heterocycles. The third kappa shape index (κ3) is 3.19. The van der Waals surface area contributed by atoms with Gasteiger partial charge < -0.3 is 4.74 Å². The number of benzene rings is 2. The average Bonchev–Trinajstić information content (AvgIpc) is 2.79. The Bertz CT molecular complexity index is 765. The highest BCUT2D eigenvalue weighted by molar-refractivity contribution is 9.10. The number of hydrogen-bond acceptors (Lipinski definition) is 3. The SMILES string of the molecule is C=C1c2ccccc2C(=O)N1CC(=O)OCc1cccc(Br)c1. The molecule has 1 amide bonds. The number of fused-ring (bicyclic) bond motifs is 1. The van der Waals surface area contributed by atoms with Crippen LogP contribution in [0.1, 0.15) is 21.5 Å². The van der Waals surface area contributed by atoms with Crippen molar-refractivity contribution in [1.82, 2.24) is 4.90 Å². The van der Waals surface area contributed by atoms with Crippen LogP contribution >= 0.6 is 15.9 Å². The number of esters is 1. The fourth-order valence-electron chi connectivity index (χ4n) is 2.47. The van der Waals surface area contributed by atoms with Gasteiger partial charge in [0.15, 0.2) is 0 Å². The second-order valence-electron chi connectivity index (χ2n) is 5.17. The van der Waals surface area contributed by atoms with E-state index >= 15 is 0 Å². The third-order valence-electron chi connectivity index (χ3n) is 3.62. The van der Waals surface area contributed by atoms with Crippen LogP contribution in [0, 0.1) is 0 Å². The third-order valence-corrected chi connectivity index (χ3v) is 4.11. The van der Waals surface area contributed by atoms with Crippen LogP contribution in [-0.2, 0) is 16.1 Å². The molecule has 0 spiro atoms. The Balaban J connectivity index is 1.63. The van der Waals surface area contributed by atoms with E-state index in [9.17, 15) is 9.59 Å². The quantitative estimate of drug-likeness (QED) is 0.771. The smallest absolute Gasteiger partial charge is 0.326 e. The van der Waals surface area contributed by atoms with Crippen molar-refractivity contribution in [2.45, 2.75) is 6.61 Å². The summed E-state index contributed by atoms with van der Waals surface area (Å²) in [4.78, 5) is 25.7. The number of nitrogens with zero attached hydrogens (tertiary/aromatic N) is 1. The molecule has 2 aromatic rings. The molecule has 0 fully saturated rings. The van der Waals surface area contributed by atoms with Crippen molar-refractivity contribution in [2.24, 2.45) is 0 Å². The van der Waals surface area contributed by atoms with E-state index in [0.29, 0.717) is 11.3 Å². The minimum Gasteiger partial charge on any atom is -0.459 e. The number of halogens is 1. The number of ether oxygens (including phenoxy) is 1. The molecule has 1 aliphatic rings. The molecule has 0 bridgehead atoms. The van der Waals surface area contributed by atoms with Crippen LogP contribution in [-0.4, -0.2) is 23.3 Å². The van der Waals surface area contributed by atoms with Crippen molar-refractivity contribution in [3.63, 3.8) is 0 Å². The van der Waals surface area contributed by atoms with Gasteiger partial charge in [-0.15, -0.1) is 0 Å². The number of carbonyl (C=O) groups is 2. The first kappa shape index (κ1) is 15.5. The molecule has 116 valence electrons. The topological polar surface area (TPSA) is 46.6 Å². The Morgan fingerprint density at radius 3 is 2.57 bits per heavy atom. The zero-order valence-electron chi connectivity index (χ0n) is 12.3. The maximum Gasteiger partial charge on any atom is 0.326 e. The summed E-state index contributed by atoms with van der Waals surface area (Å²) >= 11 is 3.37. The van der Waals surface area contributed by atoms with Gasteiger partial charge in [0.1, 0.15) is 13.2 Å². The molecule has 0 aromatic heterocycles. The van der Waals surface area contributed by atoms with Crippen molar-refractivity contribution in [3.8, 4) is 0 Å². The van der Waals surface area contributed by atoms with Crippen LogP contribution in [0.3, 0.4) is 0 Å². The first-order chi connectivity index (χ1) is 11.1. The molecule has 23 heavy (non-hydrogen) atoms. The molecule has 0 radical (unpaired) electrons. The summed E-state index contributed by atoms with van der Waals surface area (Å²) in [6.07, 6.45) is 0. The maximum atomic E-state index is 12.3. The van der Waals surface area contributed by atoms with Gasteiger partial charge >= 0.3 is 5.97 Å². The zero-order chi connectivity index (χ0) is 16.4.